The Kier molecular flexibility index (Phi) is 8.18. The number of benzene rings is 2. The molecule has 6 nitrogen and oxygen atoms in total. The number of thioether (sulfide) groups is 1. The van der Waals surface area contributed by atoms with E-state index in [0.717, 1.165) is 34.5 Å². The van der Waals surface area contributed by atoms with Gasteiger partial charge in [-0.2, -0.15) is 4.68 Å². The summed E-state index contributed by atoms with van der Waals surface area (Å²) in [5, 5.41) is 16.8. The van der Waals surface area contributed by atoms with E-state index in [1.165, 1.54) is 0 Å². The van der Waals surface area contributed by atoms with Crippen LogP contribution < -0.4 is 10.1 Å². The molecule has 3 rings (SSSR count). The van der Waals surface area contributed by atoms with E-state index in [9.17, 15) is 0 Å². The summed E-state index contributed by atoms with van der Waals surface area (Å²) in [6.45, 7) is 1.50. The van der Waals surface area contributed by atoms with Crippen LogP contribution in [0.25, 0.3) is 5.69 Å². The zero-order valence-electron chi connectivity index (χ0n) is 14.1. The highest BCUT2D eigenvalue weighted by Crippen LogP contribution is 2.22. The van der Waals surface area contributed by atoms with E-state index in [4.69, 9.17) is 16.3 Å². The first-order chi connectivity index (χ1) is 12.3. The van der Waals surface area contributed by atoms with E-state index in [-0.39, 0.29) is 12.4 Å². The van der Waals surface area contributed by atoms with Gasteiger partial charge >= 0.3 is 0 Å². The predicted molar refractivity (Wildman–Crippen MR) is 107 cm³/mol. The maximum Gasteiger partial charge on any atom is 0.214 e. The van der Waals surface area contributed by atoms with Crippen molar-refractivity contribution in [3.63, 3.8) is 0 Å². The number of aromatic nitrogens is 4. The smallest absolute Gasteiger partial charge is 0.214 e. The molecule has 1 aromatic heterocycles. The van der Waals surface area contributed by atoms with Gasteiger partial charge in [0.1, 0.15) is 5.75 Å². The van der Waals surface area contributed by atoms with E-state index >= 15 is 0 Å². The number of nitrogens with one attached hydrogen (secondary N) is 1. The van der Waals surface area contributed by atoms with Gasteiger partial charge in [-0.3, -0.25) is 0 Å². The van der Waals surface area contributed by atoms with Gasteiger partial charge in [0.2, 0.25) is 5.16 Å². The summed E-state index contributed by atoms with van der Waals surface area (Å²) in [7, 11) is 1.66. The minimum atomic E-state index is 0. The van der Waals surface area contributed by atoms with Gasteiger partial charge in [0.25, 0.3) is 0 Å². The lowest BCUT2D eigenvalue weighted by Crippen LogP contribution is -2.17. The molecule has 0 saturated heterocycles. The van der Waals surface area contributed by atoms with Crippen LogP contribution in [-0.2, 0) is 6.54 Å². The molecule has 3 aromatic rings. The number of halogens is 2. The highest BCUT2D eigenvalue weighted by atomic mass is 35.5. The Morgan fingerprint density at radius 2 is 2.00 bits per heavy atom. The van der Waals surface area contributed by atoms with Crippen molar-refractivity contribution >= 4 is 35.8 Å². The number of para-hydroxylation sites is 1. The second-order valence-corrected chi connectivity index (χ2v) is 6.69. The maximum atomic E-state index is 6.04. The van der Waals surface area contributed by atoms with Crippen molar-refractivity contribution in [3.8, 4) is 11.4 Å². The summed E-state index contributed by atoms with van der Waals surface area (Å²) in [5.74, 6) is 1.67. The lowest BCUT2D eigenvalue weighted by Gasteiger charge is -2.10. The summed E-state index contributed by atoms with van der Waals surface area (Å²) in [6, 6.07) is 15.5. The molecule has 26 heavy (non-hydrogen) atoms. The second-order valence-electron chi connectivity index (χ2n) is 5.19. The molecule has 0 atom stereocenters. The van der Waals surface area contributed by atoms with Gasteiger partial charge in [-0.15, -0.1) is 17.5 Å². The Balaban J connectivity index is 0.00000243. The Labute approximate surface area is 167 Å². The maximum absolute atomic E-state index is 6.04. The summed E-state index contributed by atoms with van der Waals surface area (Å²) in [5.41, 5.74) is 1.99. The highest BCUT2D eigenvalue weighted by molar-refractivity contribution is 7.99. The SMILES string of the molecule is COc1ccc(Cl)cc1CNCCSc1nnnn1-c1ccccc1.Cl. The minimum Gasteiger partial charge on any atom is -0.496 e. The molecule has 0 amide bonds. The van der Waals surface area contributed by atoms with E-state index in [0.29, 0.717) is 11.6 Å². The van der Waals surface area contributed by atoms with E-state index in [1.807, 2.05) is 48.5 Å². The fourth-order valence-electron chi connectivity index (χ4n) is 2.32. The monoisotopic (exact) mass is 411 g/mol. The summed E-state index contributed by atoms with van der Waals surface area (Å²) < 4.78 is 7.09. The Morgan fingerprint density at radius 1 is 1.19 bits per heavy atom. The van der Waals surface area contributed by atoms with Crippen LogP contribution in [0, 0.1) is 0 Å². The zero-order valence-corrected chi connectivity index (χ0v) is 16.5. The Hall–Kier alpha value is -1.80. The van der Waals surface area contributed by atoms with Gasteiger partial charge in [0, 0.05) is 29.4 Å². The molecule has 0 aliphatic rings. The molecule has 0 saturated carbocycles. The van der Waals surface area contributed by atoms with Crippen LogP contribution in [0.15, 0.2) is 53.7 Å². The van der Waals surface area contributed by atoms with Crippen LogP contribution in [0.2, 0.25) is 5.02 Å². The number of methoxy groups -OCH3 is 1. The predicted octanol–water partition coefficient (Wildman–Crippen LogP) is 3.63. The van der Waals surface area contributed by atoms with Crippen LogP contribution in [0.4, 0.5) is 0 Å². The third-order valence-corrected chi connectivity index (χ3v) is 4.67. The van der Waals surface area contributed by atoms with Gasteiger partial charge in [0.15, 0.2) is 0 Å². The number of ether oxygens (including phenoxy) is 1. The van der Waals surface area contributed by atoms with Crippen molar-refractivity contribution < 1.29 is 4.74 Å². The van der Waals surface area contributed by atoms with Crippen molar-refractivity contribution in [1.82, 2.24) is 25.5 Å². The molecule has 0 spiro atoms. The Morgan fingerprint density at radius 3 is 2.77 bits per heavy atom. The number of hydrogen-bond donors (Lipinski definition) is 1. The first-order valence-corrected chi connectivity index (χ1v) is 9.14. The lowest BCUT2D eigenvalue weighted by atomic mass is 10.2. The number of nitrogens with zero attached hydrogens (tertiary/aromatic N) is 4. The fraction of sp³-hybridized carbons (Fsp3) is 0.235. The van der Waals surface area contributed by atoms with Crippen molar-refractivity contribution in [2.24, 2.45) is 0 Å². The molecule has 138 valence electrons. The van der Waals surface area contributed by atoms with Crippen molar-refractivity contribution in [1.29, 1.82) is 0 Å². The number of hydrogen-bond acceptors (Lipinski definition) is 6. The molecule has 9 heteroatoms. The summed E-state index contributed by atoms with van der Waals surface area (Å²) in [4.78, 5) is 0. The van der Waals surface area contributed by atoms with Crippen LogP contribution in [0.1, 0.15) is 5.56 Å². The average molecular weight is 412 g/mol. The molecule has 0 bridgehead atoms. The topological polar surface area (TPSA) is 64.9 Å². The fourth-order valence-corrected chi connectivity index (χ4v) is 3.31. The largest absolute Gasteiger partial charge is 0.496 e. The number of tetrazole rings is 1. The third kappa shape index (κ3) is 5.35. The Bertz CT molecular complexity index is 816. The summed E-state index contributed by atoms with van der Waals surface area (Å²) in [6.07, 6.45) is 0. The van der Waals surface area contributed by atoms with Gasteiger partial charge < -0.3 is 10.1 Å². The number of rotatable bonds is 8. The van der Waals surface area contributed by atoms with E-state index in [2.05, 4.69) is 20.8 Å². The molecular formula is C17H19Cl2N5OS. The van der Waals surface area contributed by atoms with Crippen LogP contribution in [-0.4, -0.2) is 39.6 Å². The molecule has 0 unspecified atom stereocenters. The molecule has 2 aromatic carbocycles. The molecule has 0 aliphatic carbocycles. The minimum absolute atomic E-state index is 0. The molecule has 0 aliphatic heterocycles. The van der Waals surface area contributed by atoms with Crippen LogP contribution in [0.5, 0.6) is 5.75 Å². The molecule has 0 radical (unpaired) electrons. The van der Waals surface area contributed by atoms with Gasteiger partial charge in [-0.05, 0) is 40.8 Å². The molecular weight excluding hydrogens is 393 g/mol. The zero-order chi connectivity index (χ0) is 17.5. The van der Waals surface area contributed by atoms with Crippen molar-refractivity contribution in [3.05, 3.63) is 59.1 Å². The first-order valence-electron chi connectivity index (χ1n) is 7.77. The molecule has 0 fully saturated rings. The van der Waals surface area contributed by atoms with Gasteiger partial charge in [-0.1, -0.05) is 41.6 Å². The van der Waals surface area contributed by atoms with Crippen molar-refractivity contribution in [2.75, 3.05) is 19.4 Å². The van der Waals surface area contributed by atoms with Crippen LogP contribution >= 0.6 is 35.8 Å². The molecule has 1 heterocycles. The van der Waals surface area contributed by atoms with Gasteiger partial charge in [-0.25, -0.2) is 0 Å². The standard InChI is InChI=1S/C17H18ClN5OS.ClH/c1-24-16-8-7-14(18)11-13(16)12-19-9-10-25-17-20-21-22-23(17)15-5-3-2-4-6-15;/h2-8,11,19H,9-10,12H2,1H3;1H. The average Bonchev–Trinajstić information content (AvgIpc) is 3.11. The van der Waals surface area contributed by atoms with Crippen LogP contribution in [0.3, 0.4) is 0 Å². The van der Waals surface area contributed by atoms with E-state index in [1.54, 1.807) is 23.6 Å². The second kappa shape index (κ2) is 10.4. The quantitative estimate of drug-likeness (QED) is 0.450. The van der Waals surface area contributed by atoms with Gasteiger partial charge in [0.05, 0.1) is 12.8 Å². The third-order valence-electron chi connectivity index (χ3n) is 3.51. The highest BCUT2D eigenvalue weighted by Gasteiger charge is 2.08. The summed E-state index contributed by atoms with van der Waals surface area (Å²) >= 11 is 7.65. The molecule has 1 N–H and O–H groups in total. The van der Waals surface area contributed by atoms with E-state index < -0.39 is 0 Å². The van der Waals surface area contributed by atoms with Crippen molar-refractivity contribution in [2.45, 2.75) is 11.7 Å². The lowest BCUT2D eigenvalue weighted by molar-refractivity contribution is 0.408. The first kappa shape index (κ1) is 20.5. The normalized spacial score (nSPS) is 10.4.